The van der Waals surface area contributed by atoms with E-state index in [-0.39, 0.29) is 17.6 Å². The lowest BCUT2D eigenvalue weighted by Gasteiger charge is -2.07. The molecule has 0 saturated carbocycles. The topological polar surface area (TPSA) is 108 Å². The quantitative estimate of drug-likeness (QED) is 0.408. The molecule has 0 aliphatic rings. The number of carbonyl (C=O) groups excluding carboxylic acids is 1. The zero-order valence-electron chi connectivity index (χ0n) is 17.9. The number of rotatable bonds is 8. The maximum absolute atomic E-state index is 12.3. The molecule has 0 bridgehead atoms. The largest absolute Gasteiger partial charge is 0.497 e. The molecule has 0 spiro atoms. The summed E-state index contributed by atoms with van der Waals surface area (Å²) in [6.07, 6.45) is 0. The van der Waals surface area contributed by atoms with Gasteiger partial charge in [-0.05, 0) is 24.6 Å². The molecule has 10 heteroatoms. The lowest BCUT2D eigenvalue weighted by atomic mass is 10.1. The summed E-state index contributed by atoms with van der Waals surface area (Å²) in [6, 6.07) is 15.4. The van der Waals surface area contributed by atoms with E-state index in [2.05, 4.69) is 25.7 Å². The highest BCUT2D eigenvalue weighted by molar-refractivity contribution is 7.99. The number of aryl methyl sites for hydroxylation is 1. The summed E-state index contributed by atoms with van der Waals surface area (Å²) < 4.78 is 12.3. The normalized spacial score (nSPS) is 10.8. The van der Waals surface area contributed by atoms with E-state index in [4.69, 9.17) is 9.26 Å². The second-order valence-corrected chi connectivity index (χ2v) is 8.01. The molecule has 1 N–H and O–H groups in total. The van der Waals surface area contributed by atoms with E-state index in [9.17, 15) is 4.79 Å². The Hall–Kier alpha value is -3.66. The molecule has 164 valence electrons. The van der Waals surface area contributed by atoms with Gasteiger partial charge in [0.1, 0.15) is 5.75 Å². The van der Waals surface area contributed by atoms with E-state index in [1.54, 1.807) is 18.7 Å². The number of carbonyl (C=O) groups is 1. The number of amides is 1. The zero-order valence-corrected chi connectivity index (χ0v) is 18.7. The van der Waals surface area contributed by atoms with Gasteiger partial charge in [0.15, 0.2) is 5.16 Å². The number of nitrogens with one attached hydrogen (secondary N) is 1. The van der Waals surface area contributed by atoms with Crippen molar-refractivity contribution >= 4 is 17.7 Å². The molecule has 0 radical (unpaired) electrons. The number of aromatic nitrogens is 5. The van der Waals surface area contributed by atoms with E-state index < -0.39 is 0 Å². The Bertz CT molecular complexity index is 1220. The van der Waals surface area contributed by atoms with Crippen LogP contribution in [-0.4, -0.2) is 43.7 Å². The third-order valence-corrected chi connectivity index (χ3v) is 5.74. The van der Waals surface area contributed by atoms with Gasteiger partial charge in [-0.1, -0.05) is 58.9 Å². The van der Waals surface area contributed by atoms with Crippen LogP contribution >= 0.6 is 11.8 Å². The Morgan fingerprint density at radius 1 is 1.19 bits per heavy atom. The number of hydrogen-bond acceptors (Lipinski definition) is 8. The average Bonchev–Trinajstić information content (AvgIpc) is 3.43. The highest BCUT2D eigenvalue weighted by Gasteiger charge is 2.19. The molecule has 2 aromatic carbocycles. The minimum absolute atomic E-state index is 0.109. The highest BCUT2D eigenvalue weighted by atomic mass is 32.2. The SMILES string of the molecule is COc1cccc(CNC(=O)CSc2nnc(-c3nc(-c4ccc(C)cc4)no3)n2C)c1. The molecule has 0 aliphatic heterocycles. The van der Waals surface area contributed by atoms with Crippen molar-refractivity contribution < 1.29 is 14.1 Å². The van der Waals surface area contributed by atoms with Crippen molar-refractivity contribution in [1.82, 2.24) is 30.2 Å². The first kappa shape index (κ1) is 21.6. The van der Waals surface area contributed by atoms with Gasteiger partial charge in [-0.3, -0.25) is 4.79 Å². The number of thioether (sulfide) groups is 1. The Balaban J connectivity index is 1.36. The van der Waals surface area contributed by atoms with Crippen LogP contribution in [-0.2, 0) is 18.4 Å². The lowest BCUT2D eigenvalue weighted by Crippen LogP contribution is -2.24. The van der Waals surface area contributed by atoms with Crippen LogP contribution in [0.5, 0.6) is 5.75 Å². The van der Waals surface area contributed by atoms with Crippen LogP contribution in [0.25, 0.3) is 23.1 Å². The predicted molar refractivity (Wildman–Crippen MR) is 120 cm³/mol. The molecule has 9 nitrogen and oxygen atoms in total. The fourth-order valence-electron chi connectivity index (χ4n) is 2.93. The Morgan fingerprint density at radius 2 is 2.00 bits per heavy atom. The minimum atomic E-state index is -0.109. The molecule has 0 aliphatic carbocycles. The summed E-state index contributed by atoms with van der Waals surface area (Å²) in [5.74, 6) is 2.04. The van der Waals surface area contributed by atoms with E-state index in [1.165, 1.54) is 11.8 Å². The Morgan fingerprint density at radius 3 is 2.78 bits per heavy atom. The molecule has 4 rings (SSSR count). The van der Waals surface area contributed by atoms with Crippen LogP contribution in [0.3, 0.4) is 0 Å². The van der Waals surface area contributed by atoms with Gasteiger partial charge in [0, 0.05) is 19.2 Å². The molecular weight excluding hydrogens is 428 g/mol. The molecular formula is C22H22N6O3S. The Kier molecular flexibility index (Phi) is 6.50. The van der Waals surface area contributed by atoms with Crippen LogP contribution in [0.4, 0.5) is 0 Å². The second kappa shape index (κ2) is 9.65. The van der Waals surface area contributed by atoms with Gasteiger partial charge in [-0.15, -0.1) is 10.2 Å². The van der Waals surface area contributed by atoms with Crippen LogP contribution < -0.4 is 10.1 Å². The molecule has 0 atom stereocenters. The monoisotopic (exact) mass is 450 g/mol. The zero-order chi connectivity index (χ0) is 22.5. The van der Waals surface area contributed by atoms with E-state index >= 15 is 0 Å². The number of nitrogens with zero attached hydrogens (tertiary/aromatic N) is 5. The number of benzene rings is 2. The van der Waals surface area contributed by atoms with E-state index in [1.807, 2.05) is 55.5 Å². The molecule has 32 heavy (non-hydrogen) atoms. The smallest absolute Gasteiger partial charge is 0.296 e. The van der Waals surface area contributed by atoms with Crippen LogP contribution in [0.1, 0.15) is 11.1 Å². The number of methoxy groups -OCH3 is 1. The van der Waals surface area contributed by atoms with Gasteiger partial charge < -0.3 is 19.1 Å². The number of hydrogen-bond donors (Lipinski definition) is 1. The summed E-state index contributed by atoms with van der Waals surface area (Å²) in [6.45, 7) is 2.44. The lowest BCUT2D eigenvalue weighted by molar-refractivity contribution is -0.118. The van der Waals surface area contributed by atoms with Gasteiger partial charge in [-0.2, -0.15) is 4.98 Å². The molecule has 0 saturated heterocycles. The maximum Gasteiger partial charge on any atom is 0.296 e. The summed E-state index contributed by atoms with van der Waals surface area (Å²) in [5.41, 5.74) is 2.97. The van der Waals surface area contributed by atoms with Gasteiger partial charge in [0.25, 0.3) is 5.89 Å². The molecule has 2 aromatic heterocycles. The van der Waals surface area contributed by atoms with Crippen LogP contribution in [0.2, 0.25) is 0 Å². The summed E-state index contributed by atoms with van der Waals surface area (Å²) >= 11 is 1.28. The second-order valence-electron chi connectivity index (χ2n) is 7.07. The predicted octanol–water partition coefficient (Wildman–Crippen LogP) is 3.26. The third-order valence-electron chi connectivity index (χ3n) is 4.72. The fourth-order valence-corrected chi connectivity index (χ4v) is 3.67. The molecule has 1 amide bonds. The first-order valence-corrected chi connectivity index (χ1v) is 10.8. The highest BCUT2D eigenvalue weighted by Crippen LogP contribution is 2.24. The van der Waals surface area contributed by atoms with Gasteiger partial charge >= 0.3 is 0 Å². The molecule has 4 aromatic rings. The van der Waals surface area contributed by atoms with E-state index in [0.717, 1.165) is 22.4 Å². The van der Waals surface area contributed by atoms with Crippen molar-refractivity contribution in [2.24, 2.45) is 7.05 Å². The Labute approximate surface area is 189 Å². The number of ether oxygens (including phenoxy) is 1. The van der Waals surface area contributed by atoms with E-state index in [0.29, 0.717) is 23.4 Å². The maximum atomic E-state index is 12.3. The van der Waals surface area contributed by atoms with Crippen molar-refractivity contribution in [3.63, 3.8) is 0 Å². The van der Waals surface area contributed by atoms with Crippen LogP contribution in [0.15, 0.2) is 58.2 Å². The average molecular weight is 451 g/mol. The first-order valence-electron chi connectivity index (χ1n) is 9.86. The summed E-state index contributed by atoms with van der Waals surface area (Å²) in [4.78, 5) is 16.7. The minimum Gasteiger partial charge on any atom is -0.497 e. The molecule has 2 heterocycles. The summed E-state index contributed by atoms with van der Waals surface area (Å²) in [5, 5.41) is 15.8. The van der Waals surface area contributed by atoms with Crippen molar-refractivity contribution in [3.05, 3.63) is 59.7 Å². The fraction of sp³-hybridized carbons (Fsp3) is 0.227. The van der Waals surface area contributed by atoms with Crippen LogP contribution in [0, 0.1) is 6.92 Å². The van der Waals surface area contributed by atoms with Gasteiger partial charge in [-0.25, -0.2) is 0 Å². The standard InChI is InChI=1S/C22H22N6O3S/c1-14-7-9-16(10-8-14)19-24-21(31-27-19)20-25-26-22(28(20)2)32-13-18(29)23-12-15-5-4-6-17(11-15)30-3/h4-11H,12-13H2,1-3H3,(H,23,29). The summed E-state index contributed by atoms with van der Waals surface area (Å²) in [7, 11) is 3.41. The van der Waals surface area contributed by atoms with Crippen molar-refractivity contribution in [2.45, 2.75) is 18.6 Å². The van der Waals surface area contributed by atoms with Crippen molar-refractivity contribution in [2.75, 3.05) is 12.9 Å². The molecule has 0 fully saturated rings. The molecule has 0 unspecified atom stereocenters. The van der Waals surface area contributed by atoms with Gasteiger partial charge in [0.2, 0.25) is 17.6 Å². The third kappa shape index (κ3) is 4.97. The van der Waals surface area contributed by atoms with Gasteiger partial charge in [0.05, 0.1) is 12.9 Å². The first-order chi connectivity index (χ1) is 15.5. The van der Waals surface area contributed by atoms with Crippen molar-refractivity contribution in [3.8, 4) is 28.9 Å². The van der Waals surface area contributed by atoms with Crippen molar-refractivity contribution in [1.29, 1.82) is 0 Å².